The summed E-state index contributed by atoms with van der Waals surface area (Å²) in [6.07, 6.45) is 0. The first kappa shape index (κ1) is 13.6. The molecule has 1 aromatic heterocycles. The summed E-state index contributed by atoms with van der Waals surface area (Å²) in [5.41, 5.74) is 1.76. The van der Waals surface area contributed by atoms with Crippen LogP contribution in [0, 0.1) is 25.2 Å². The predicted octanol–water partition coefficient (Wildman–Crippen LogP) is 2.40. The number of carboxylic acids is 1. The van der Waals surface area contributed by atoms with Crippen molar-refractivity contribution in [1.82, 2.24) is 9.78 Å². The zero-order chi connectivity index (χ0) is 14.9. The smallest absolute Gasteiger partial charge is 0.335 e. The van der Waals surface area contributed by atoms with E-state index >= 15 is 0 Å². The summed E-state index contributed by atoms with van der Waals surface area (Å²) in [6, 6.07) is 6.11. The van der Waals surface area contributed by atoms with E-state index in [-0.39, 0.29) is 11.1 Å². The molecule has 0 aliphatic carbocycles. The molecule has 102 valence electrons. The third-order valence-corrected chi connectivity index (χ3v) is 3.00. The summed E-state index contributed by atoms with van der Waals surface area (Å²) in [5.74, 6) is -0.189. The molecule has 1 heterocycles. The maximum Gasteiger partial charge on any atom is 0.335 e. The Labute approximate surface area is 115 Å². The van der Waals surface area contributed by atoms with E-state index in [1.165, 1.54) is 18.2 Å². The number of hydrogen-bond donors (Lipinski definition) is 1. The number of carboxylic acid groups (broad SMARTS) is 1. The number of hydrogen-bond acceptors (Lipinski definition) is 4. The highest BCUT2D eigenvalue weighted by Gasteiger charge is 2.15. The quantitative estimate of drug-likeness (QED) is 0.926. The Morgan fingerprint density at radius 3 is 2.65 bits per heavy atom. The summed E-state index contributed by atoms with van der Waals surface area (Å²) >= 11 is 0. The van der Waals surface area contributed by atoms with Crippen molar-refractivity contribution in [3.8, 4) is 17.6 Å². The first-order valence-corrected chi connectivity index (χ1v) is 5.89. The Balaban J connectivity index is 2.44. The van der Waals surface area contributed by atoms with Gasteiger partial charge in [-0.05, 0) is 32.0 Å². The maximum absolute atomic E-state index is 10.9. The summed E-state index contributed by atoms with van der Waals surface area (Å²) in [5, 5.41) is 22.2. The first-order chi connectivity index (χ1) is 9.43. The van der Waals surface area contributed by atoms with Gasteiger partial charge >= 0.3 is 5.97 Å². The van der Waals surface area contributed by atoms with Crippen LogP contribution in [0.25, 0.3) is 0 Å². The van der Waals surface area contributed by atoms with E-state index in [0.29, 0.717) is 17.2 Å². The van der Waals surface area contributed by atoms with E-state index in [9.17, 15) is 4.79 Å². The average molecular weight is 271 g/mol. The number of aromatic nitrogens is 2. The van der Waals surface area contributed by atoms with E-state index in [0.717, 1.165) is 5.69 Å². The molecule has 0 unspecified atom stereocenters. The standard InChI is InChI=1S/C14H13N3O3/c1-8-13(9(2)17(3)16-8)20-12-5-4-10(14(18)19)6-11(12)7-15/h4-6H,1-3H3,(H,18,19). The van der Waals surface area contributed by atoms with Gasteiger partial charge in [0.25, 0.3) is 0 Å². The summed E-state index contributed by atoms with van der Waals surface area (Å²) < 4.78 is 7.40. The Bertz CT molecular complexity index is 726. The second kappa shape index (κ2) is 5.05. The number of nitrogens with zero attached hydrogens (tertiary/aromatic N) is 3. The van der Waals surface area contributed by atoms with Gasteiger partial charge in [0, 0.05) is 7.05 Å². The van der Waals surface area contributed by atoms with E-state index < -0.39 is 5.97 Å². The van der Waals surface area contributed by atoms with Gasteiger partial charge in [0.1, 0.15) is 17.5 Å². The first-order valence-electron chi connectivity index (χ1n) is 5.89. The number of aromatic carboxylic acids is 1. The van der Waals surface area contributed by atoms with Crippen molar-refractivity contribution in [1.29, 1.82) is 5.26 Å². The van der Waals surface area contributed by atoms with Crippen molar-refractivity contribution < 1.29 is 14.6 Å². The number of aryl methyl sites for hydroxylation is 2. The van der Waals surface area contributed by atoms with Gasteiger partial charge in [0.2, 0.25) is 0 Å². The Hall–Kier alpha value is -2.81. The molecule has 2 aromatic rings. The molecule has 0 spiro atoms. The van der Waals surface area contributed by atoms with Crippen LogP contribution in [0.15, 0.2) is 18.2 Å². The summed E-state index contributed by atoms with van der Waals surface area (Å²) in [6.45, 7) is 3.66. The van der Waals surface area contributed by atoms with E-state index in [4.69, 9.17) is 15.1 Å². The highest BCUT2D eigenvalue weighted by molar-refractivity contribution is 5.88. The number of nitriles is 1. The minimum absolute atomic E-state index is 0.0496. The van der Waals surface area contributed by atoms with Crippen LogP contribution >= 0.6 is 0 Å². The molecule has 6 heteroatoms. The molecule has 2 rings (SSSR count). The minimum atomic E-state index is -1.08. The van der Waals surface area contributed by atoms with Crippen LogP contribution in [0.3, 0.4) is 0 Å². The average Bonchev–Trinajstić information content (AvgIpc) is 2.65. The van der Waals surface area contributed by atoms with Gasteiger partial charge in [-0.2, -0.15) is 10.4 Å². The van der Waals surface area contributed by atoms with Gasteiger partial charge in [-0.15, -0.1) is 0 Å². The van der Waals surface area contributed by atoms with Crippen molar-refractivity contribution in [3.05, 3.63) is 40.7 Å². The van der Waals surface area contributed by atoms with Crippen LogP contribution in [0.5, 0.6) is 11.5 Å². The lowest BCUT2D eigenvalue weighted by molar-refractivity contribution is 0.0697. The lowest BCUT2D eigenvalue weighted by Crippen LogP contribution is -1.98. The molecule has 0 amide bonds. The van der Waals surface area contributed by atoms with Crippen molar-refractivity contribution in [2.45, 2.75) is 13.8 Å². The Morgan fingerprint density at radius 2 is 2.15 bits per heavy atom. The fourth-order valence-corrected chi connectivity index (χ4v) is 1.85. The molecule has 0 radical (unpaired) electrons. The summed E-state index contributed by atoms with van der Waals surface area (Å²) in [4.78, 5) is 10.9. The van der Waals surface area contributed by atoms with Gasteiger partial charge < -0.3 is 9.84 Å². The minimum Gasteiger partial charge on any atom is -0.478 e. The second-order valence-corrected chi connectivity index (χ2v) is 4.35. The van der Waals surface area contributed by atoms with Crippen molar-refractivity contribution in [3.63, 3.8) is 0 Å². The zero-order valence-corrected chi connectivity index (χ0v) is 11.3. The molecule has 0 saturated carbocycles. The lowest BCUT2D eigenvalue weighted by atomic mass is 10.1. The molecule has 0 aliphatic rings. The van der Waals surface area contributed by atoms with Crippen LogP contribution in [0.1, 0.15) is 27.3 Å². The van der Waals surface area contributed by atoms with E-state index in [2.05, 4.69) is 5.10 Å². The fraction of sp³-hybridized carbons (Fsp3) is 0.214. The van der Waals surface area contributed by atoms with Crippen LogP contribution in [-0.2, 0) is 7.05 Å². The second-order valence-electron chi connectivity index (χ2n) is 4.35. The van der Waals surface area contributed by atoms with Gasteiger partial charge in [-0.25, -0.2) is 4.79 Å². The van der Waals surface area contributed by atoms with Gasteiger partial charge in [-0.1, -0.05) is 0 Å². The van der Waals surface area contributed by atoms with Crippen LogP contribution in [0.4, 0.5) is 0 Å². The Morgan fingerprint density at radius 1 is 1.45 bits per heavy atom. The SMILES string of the molecule is Cc1nn(C)c(C)c1Oc1ccc(C(=O)O)cc1C#N. The molecule has 0 atom stereocenters. The number of carbonyl (C=O) groups is 1. The zero-order valence-electron chi connectivity index (χ0n) is 11.3. The summed E-state index contributed by atoms with van der Waals surface area (Å²) in [7, 11) is 1.80. The molecule has 0 aliphatic heterocycles. The van der Waals surface area contributed by atoms with Crippen molar-refractivity contribution >= 4 is 5.97 Å². The van der Waals surface area contributed by atoms with Gasteiger partial charge in [0.05, 0.1) is 16.8 Å². The number of rotatable bonds is 3. The molecule has 6 nitrogen and oxygen atoms in total. The highest BCUT2D eigenvalue weighted by Crippen LogP contribution is 2.30. The molecular weight excluding hydrogens is 258 g/mol. The normalized spacial score (nSPS) is 10.1. The lowest BCUT2D eigenvalue weighted by Gasteiger charge is -2.08. The van der Waals surface area contributed by atoms with Crippen LogP contribution in [0.2, 0.25) is 0 Å². The van der Waals surface area contributed by atoms with Gasteiger partial charge in [-0.3, -0.25) is 4.68 Å². The molecule has 20 heavy (non-hydrogen) atoms. The van der Waals surface area contributed by atoms with Crippen molar-refractivity contribution in [2.24, 2.45) is 7.05 Å². The maximum atomic E-state index is 10.9. The largest absolute Gasteiger partial charge is 0.478 e. The molecule has 0 bridgehead atoms. The van der Waals surface area contributed by atoms with Crippen LogP contribution < -0.4 is 4.74 Å². The third-order valence-electron chi connectivity index (χ3n) is 3.00. The fourth-order valence-electron chi connectivity index (χ4n) is 1.85. The monoisotopic (exact) mass is 271 g/mol. The van der Waals surface area contributed by atoms with E-state index in [1.807, 2.05) is 13.0 Å². The molecule has 1 aromatic carbocycles. The topological polar surface area (TPSA) is 88.1 Å². The van der Waals surface area contributed by atoms with Gasteiger partial charge in [0.15, 0.2) is 5.75 Å². The number of ether oxygens (including phenoxy) is 1. The molecule has 1 N–H and O–H groups in total. The van der Waals surface area contributed by atoms with Crippen molar-refractivity contribution in [2.75, 3.05) is 0 Å². The molecular formula is C14H13N3O3. The third kappa shape index (κ3) is 2.34. The Kier molecular flexibility index (Phi) is 3.44. The molecule has 0 saturated heterocycles. The van der Waals surface area contributed by atoms with E-state index in [1.54, 1.807) is 18.7 Å². The molecule has 0 fully saturated rings. The highest BCUT2D eigenvalue weighted by atomic mass is 16.5. The van der Waals surface area contributed by atoms with Crippen LogP contribution in [-0.4, -0.2) is 20.9 Å². The number of benzene rings is 1. The predicted molar refractivity (Wildman–Crippen MR) is 70.9 cm³/mol.